The summed E-state index contributed by atoms with van der Waals surface area (Å²) < 4.78 is 9.94. The van der Waals surface area contributed by atoms with Crippen LogP contribution < -0.4 is 15.6 Å². The Labute approximate surface area is 111 Å². The molecule has 1 atom stereocenters. The molecule has 1 aromatic rings. The zero-order valence-electron chi connectivity index (χ0n) is 10.6. The summed E-state index contributed by atoms with van der Waals surface area (Å²) in [7, 11) is 0. The van der Waals surface area contributed by atoms with Crippen LogP contribution in [0.5, 0.6) is 5.75 Å². The van der Waals surface area contributed by atoms with Crippen molar-refractivity contribution < 1.29 is 24.2 Å². The molecule has 0 aliphatic rings. The number of hydrogen-bond acceptors (Lipinski definition) is 6. The van der Waals surface area contributed by atoms with E-state index >= 15 is 0 Å². The second-order valence-corrected chi connectivity index (χ2v) is 3.85. The van der Waals surface area contributed by atoms with E-state index in [-0.39, 0.29) is 13.0 Å². The summed E-state index contributed by atoms with van der Waals surface area (Å²) in [6, 6.07) is 5.92. The smallest absolute Gasteiger partial charge is 0.344 e. The molecule has 0 fully saturated rings. The second kappa shape index (κ2) is 7.38. The lowest BCUT2D eigenvalue weighted by Crippen LogP contribution is -2.27. The summed E-state index contributed by atoms with van der Waals surface area (Å²) in [5, 5.41) is 10.5. The lowest BCUT2D eigenvalue weighted by molar-refractivity contribution is -0.306. The standard InChI is InChI=1S/C13H17NO5/c1-2-18-13(17)8-19-10-5-3-4-9(6-10)11(14)7-12(15)16/h3-6,11H,2,7-8,14H2,1H3,(H,15,16)/p-1. The van der Waals surface area contributed by atoms with Crippen molar-refractivity contribution in [2.75, 3.05) is 13.2 Å². The number of rotatable bonds is 7. The fourth-order valence-corrected chi connectivity index (χ4v) is 1.48. The number of nitrogens with two attached hydrogens (primary N) is 1. The molecule has 0 radical (unpaired) electrons. The molecular weight excluding hydrogens is 250 g/mol. The van der Waals surface area contributed by atoms with Gasteiger partial charge in [-0.1, -0.05) is 12.1 Å². The predicted octanol–water partition coefficient (Wildman–Crippen LogP) is -0.232. The van der Waals surface area contributed by atoms with Gasteiger partial charge in [0.2, 0.25) is 0 Å². The molecule has 0 saturated carbocycles. The molecule has 0 aromatic heterocycles. The van der Waals surface area contributed by atoms with Gasteiger partial charge < -0.3 is 25.1 Å². The van der Waals surface area contributed by atoms with Crippen LogP contribution >= 0.6 is 0 Å². The van der Waals surface area contributed by atoms with Gasteiger partial charge in [-0.15, -0.1) is 0 Å². The number of esters is 1. The lowest BCUT2D eigenvalue weighted by Gasteiger charge is -2.14. The molecule has 1 unspecified atom stereocenters. The number of ether oxygens (including phenoxy) is 2. The third kappa shape index (κ3) is 5.39. The highest BCUT2D eigenvalue weighted by molar-refractivity contribution is 5.71. The van der Waals surface area contributed by atoms with Crippen LogP contribution in [0, 0.1) is 0 Å². The third-order valence-corrected chi connectivity index (χ3v) is 2.33. The van der Waals surface area contributed by atoms with Gasteiger partial charge in [0.05, 0.1) is 6.61 Å². The Morgan fingerprint density at radius 1 is 1.42 bits per heavy atom. The summed E-state index contributed by atoms with van der Waals surface area (Å²) in [4.78, 5) is 21.6. The van der Waals surface area contributed by atoms with Gasteiger partial charge >= 0.3 is 5.97 Å². The van der Waals surface area contributed by atoms with E-state index in [0.717, 1.165) is 0 Å². The maximum atomic E-state index is 11.1. The summed E-state index contributed by atoms with van der Waals surface area (Å²) >= 11 is 0. The summed E-state index contributed by atoms with van der Waals surface area (Å²) in [6.07, 6.45) is -0.276. The van der Waals surface area contributed by atoms with E-state index in [2.05, 4.69) is 0 Å². The number of carboxylic acids is 1. The van der Waals surface area contributed by atoms with Gasteiger partial charge in [-0.25, -0.2) is 4.79 Å². The minimum absolute atomic E-state index is 0.201. The lowest BCUT2D eigenvalue weighted by atomic mass is 10.0. The van der Waals surface area contributed by atoms with Crippen molar-refractivity contribution in [3.8, 4) is 5.75 Å². The van der Waals surface area contributed by atoms with Gasteiger partial charge in [0.1, 0.15) is 5.75 Å². The molecule has 0 aliphatic heterocycles. The highest BCUT2D eigenvalue weighted by Gasteiger charge is 2.08. The molecule has 1 aromatic carbocycles. The third-order valence-electron chi connectivity index (χ3n) is 2.33. The number of carbonyl (C=O) groups excluding carboxylic acids is 2. The molecule has 0 aliphatic carbocycles. The predicted molar refractivity (Wildman–Crippen MR) is 65.1 cm³/mol. The second-order valence-electron chi connectivity index (χ2n) is 3.85. The Balaban J connectivity index is 2.61. The van der Waals surface area contributed by atoms with Crippen LogP contribution in [0.25, 0.3) is 0 Å². The van der Waals surface area contributed by atoms with E-state index in [4.69, 9.17) is 15.2 Å². The molecule has 104 valence electrons. The number of carboxylic acid groups (broad SMARTS) is 1. The maximum Gasteiger partial charge on any atom is 0.344 e. The number of aliphatic carboxylic acids is 1. The normalized spacial score (nSPS) is 11.7. The Hall–Kier alpha value is -2.08. The van der Waals surface area contributed by atoms with Crippen LogP contribution in [0.15, 0.2) is 24.3 Å². The van der Waals surface area contributed by atoms with Crippen LogP contribution in [0.1, 0.15) is 24.9 Å². The zero-order valence-corrected chi connectivity index (χ0v) is 10.6. The van der Waals surface area contributed by atoms with Gasteiger partial charge in [0.15, 0.2) is 6.61 Å². The van der Waals surface area contributed by atoms with Gasteiger partial charge in [0.25, 0.3) is 0 Å². The molecule has 0 saturated heterocycles. The average molecular weight is 266 g/mol. The Morgan fingerprint density at radius 2 is 2.16 bits per heavy atom. The molecule has 0 spiro atoms. The topological polar surface area (TPSA) is 102 Å². The Morgan fingerprint density at radius 3 is 2.79 bits per heavy atom. The molecule has 2 N–H and O–H groups in total. The van der Waals surface area contributed by atoms with E-state index in [1.807, 2.05) is 0 Å². The highest BCUT2D eigenvalue weighted by atomic mass is 16.6. The molecule has 0 heterocycles. The Bertz CT molecular complexity index is 446. The Kier molecular flexibility index (Phi) is 5.81. The molecule has 6 nitrogen and oxygen atoms in total. The zero-order chi connectivity index (χ0) is 14.3. The summed E-state index contributed by atoms with van der Waals surface area (Å²) in [5.41, 5.74) is 6.30. The first kappa shape index (κ1) is 15.0. The first-order chi connectivity index (χ1) is 9.02. The molecule has 6 heteroatoms. The monoisotopic (exact) mass is 266 g/mol. The summed E-state index contributed by atoms with van der Waals surface area (Å²) in [5.74, 6) is -1.25. The van der Waals surface area contributed by atoms with Gasteiger partial charge in [0, 0.05) is 18.4 Å². The minimum Gasteiger partial charge on any atom is -0.550 e. The van der Waals surface area contributed by atoms with Crippen molar-refractivity contribution in [3.63, 3.8) is 0 Å². The van der Waals surface area contributed by atoms with Gasteiger partial charge in [-0.3, -0.25) is 0 Å². The van der Waals surface area contributed by atoms with E-state index in [9.17, 15) is 14.7 Å². The fraction of sp³-hybridized carbons (Fsp3) is 0.385. The first-order valence-corrected chi connectivity index (χ1v) is 5.86. The first-order valence-electron chi connectivity index (χ1n) is 5.86. The SMILES string of the molecule is CCOC(=O)COc1cccc(C(N)CC(=O)[O-])c1. The van der Waals surface area contributed by atoms with Crippen molar-refractivity contribution in [1.82, 2.24) is 0 Å². The molecule has 19 heavy (non-hydrogen) atoms. The van der Waals surface area contributed by atoms with Gasteiger partial charge in [-0.2, -0.15) is 0 Å². The fourth-order valence-electron chi connectivity index (χ4n) is 1.48. The van der Waals surface area contributed by atoms with E-state index in [1.165, 1.54) is 0 Å². The molecular formula is C13H16NO5-. The van der Waals surface area contributed by atoms with Crippen molar-refractivity contribution in [2.45, 2.75) is 19.4 Å². The van der Waals surface area contributed by atoms with E-state index < -0.39 is 18.0 Å². The highest BCUT2D eigenvalue weighted by Crippen LogP contribution is 2.19. The van der Waals surface area contributed by atoms with Crippen molar-refractivity contribution in [3.05, 3.63) is 29.8 Å². The van der Waals surface area contributed by atoms with Crippen molar-refractivity contribution in [1.29, 1.82) is 0 Å². The van der Waals surface area contributed by atoms with Crippen LogP contribution in [-0.2, 0) is 14.3 Å². The quantitative estimate of drug-likeness (QED) is 0.684. The van der Waals surface area contributed by atoms with Crippen LogP contribution in [0.2, 0.25) is 0 Å². The number of benzene rings is 1. The van der Waals surface area contributed by atoms with Gasteiger partial charge in [-0.05, 0) is 24.6 Å². The van der Waals surface area contributed by atoms with Crippen LogP contribution in [0.4, 0.5) is 0 Å². The van der Waals surface area contributed by atoms with Crippen LogP contribution in [-0.4, -0.2) is 25.2 Å². The average Bonchev–Trinajstić information content (AvgIpc) is 2.36. The van der Waals surface area contributed by atoms with E-state index in [0.29, 0.717) is 17.9 Å². The maximum absolute atomic E-state index is 11.1. The number of hydrogen-bond donors (Lipinski definition) is 1. The van der Waals surface area contributed by atoms with Crippen molar-refractivity contribution in [2.24, 2.45) is 5.73 Å². The summed E-state index contributed by atoms with van der Waals surface area (Å²) in [6.45, 7) is 1.79. The largest absolute Gasteiger partial charge is 0.550 e. The van der Waals surface area contributed by atoms with E-state index in [1.54, 1.807) is 31.2 Å². The number of carbonyl (C=O) groups is 2. The minimum atomic E-state index is -1.22. The van der Waals surface area contributed by atoms with Crippen LogP contribution in [0.3, 0.4) is 0 Å². The van der Waals surface area contributed by atoms with Crippen molar-refractivity contribution >= 4 is 11.9 Å². The molecule has 1 rings (SSSR count). The molecule has 0 bridgehead atoms. The molecule has 0 amide bonds.